The molecular formula is C10H11N5. The van der Waals surface area contributed by atoms with Crippen LogP contribution in [0, 0.1) is 0 Å². The number of aromatic amines is 1. The molecule has 0 radical (unpaired) electrons. The average Bonchev–Trinajstić information content (AvgIpc) is 2.82. The van der Waals surface area contributed by atoms with Crippen LogP contribution in [0.25, 0.3) is 0 Å². The zero-order valence-corrected chi connectivity index (χ0v) is 8.14. The standard InChI is InChI=1S/C10H11N5/c1-2-4-8-7(3-1)5-6-11-9(8)10-12-14-15-13-10/h1-4,9,11H,5-6H2,(H,12,13,14,15). The van der Waals surface area contributed by atoms with Gasteiger partial charge in [-0.3, -0.25) is 0 Å². The molecule has 5 heteroatoms. The summed E-state index contributed by atoms with van der Waals surface area (Å²) in [6.07, 6.45) is 1.06. The number of H-pyrrole nitrogens is 1. The van der Waals surface area contributed by atoms with Gasteiger partial charge in [0.1, 0.15) is 0 Å². The van der Waals surface area contributed by atoms with Crippen LogP contribution in [0.4, 0.5) is 0 Å². The first kappa shape index (κ1) is 8.55. The van der Waals surface area contributed by atoms with Crippen LogP contribution in [0.3, 0.4) is 0 Å². The van der Waals surface area contributed by atoms with Gasteiger partial charge in [0.2, 0.25) is 0 Å². The molecule has 0 saturated carbocycles. The van der Waals surface area contributed by atoms with E-state index in [9.17, 15) is 0 Å². The number of fused-ring (bicyclic) bond motifs is 1. The van der Waals surface area contributed by atoms with Gasteiger partial charge in [0, 0.05) is 6.54 Å². The Hall–Kier alpha value is -1.75. The van der Waals surface area contributed by atoms with Crippen molar-refractivity contribution >= 4 is 0 Å². The molecular weight excluding hydrogens is 190 g/mol. The highest BCUT2D eigenvalue weighted by Gasteiger charge is 2.23. The zero-order chi connectivity index (χ0) is 10.1. The van der Waals surface area contributed by atoms with Crippen molar-refractivity contribution in [1.29, 1.82) is 0 Å². The first-order chi connectivity index (χ1) is 7.45. The van der Waals surface area contributed by atoms with E-state index in [2.05, 4.69) is 44.1 Å². The fraction of sp³-hybridized carbons (Fsp3) is 0.300. The smallest absolute Gasteiger partial charge is 0.195 e. The summed E-state index contributed by atoms with van der Waals surface area (Å²) in [5.41, 5.74) is 2.62. The molecule has 1 aliphatic heterocycles. The third-order valence-corrected chi connectivity index (χ3v) is 2.73. The molecule has 3 rings (SSSR count). The van der Waals surface area contributed by atoms with Gasteiger partial charge >= 0.3 is 0 Å². The molecule has 0 amide bonds. The molecule has 1 aromatic heterocycles. The minimum absolute atomic E-state index is 0.0775. The first-order valence-electron chi connectivity index (χ1n) is 4.99. The third kappa shape index (κ3) is 1.41. The van der Waals surface area contributed by atoms with Gasteiger partial charge in [-0.05, 0) is 17.5 Å². The van der Waals surface area contributed by atoms with Gasteiger partial charge in [-0.25, -0.2) is 0 Å². The maximum atomic E-state index is 4.03. The lowest BCUT2D eigenvalue weighted by Crippen LogP contribution is -2.31. The third-order valence-electron chi connectivity index (χ3n) is 2.73. The molecule has 0 fully saturated rings. The summed E-state index contributed by atoms with van der Waals surface area (Å²) in [6.45, 7) is 0.955. The zero-order valence-electron chi connectivity index (χ0n) is 8.14. The van der Waals surface area contributed by atoms with Crippen molar-refractivity contribution in [2.45, 2.75) is 12.5 Å². The van der Waals surface area contributed by atoms with Crippen LogP contribution in [-0.4, -0.2) is 27.2 Å². The molecule has 15 heavy (non-hydrogen) atoms. The largest absolute Gasteiger partial charge is 0.303 e. The van der Waals surface area contributed by atoms with Gasteiger partial charge in [-0.2, -0.15) is 5.21 Å². The summed E-state index contributed by atoms with van der Waals surface area (Å²) in [4.78, 5) is 0. The monoisotopic (exact) mass is 201 g/mol. The number of benzene rings is 1. The Bertz CT molecular complexity index is 451. The van der Waals surface area contributed by atoms with Crippen molar-refractivity contribution in [3.8, 4) is 0 Å². The van der Waals surface area contributed by atoms with Crippen molar-refractivity contribution in [2.75, 3.05) is 6.54 Å². The van der Waals surface area contributed by atoms with E-state index in [0.29, 0.717) is 5.82 Å². The predicted octanol–water partition coefficient (Wildman–Crippen LogP) is 0.435. The Morgan fingerprint density at radius 3 is 3.07 bits per heavy atom. The lowest BCUT2D eigenvalue weighted by molar-refractivity contribution is 0.544. The fourth-order valence-electron chi connectivity index (χ4n) is 2.03. The van der Waals surface area contributed by atoms with Crippen molar-refractivity contribution < 1.29 is 0 Å². The number of nitrogens with zero attached hydrogens (tertiary/aromatic N) is 3. The van der Waals surface area contributed by atoms with E-state index in [0.717, 1.165) is 13.0 Å². The second-order valence-corrected chi connectivity index (χ2v) is 3.61. The van der Waals surface area contributed by atoms with Gasteiger partial charge in [0.15, 0.2) is 5.82 Å². The highest BCUT2D eigenvalue weighted by Crippen LogP contribution is 2.25. The van der Waals surface area contributed by atoms with Crippen LogP contribution in [0.15, 0.2) is 24.3 Å². The van der Waals surface area contributed by atoms with E-state index in [1.54, 1.807) is 0 Å². The quantitative estimate of drug-likeness (QED) is 0.702. The molecule has 0 aliphatic carbocycles. The van der Waals surface area contributed by atoms with Crippen molar-refractivity contribution in [2.24, 2.45) is 0 Å². The molecule has 76 valence electrons. The van der Waals surface area contributed by atoms with Crippen LogP contribution in [-0.2, 0) is 6.42 Å². The number of aromatic nitrogens is 4. The fourth-order valence-corrected chi connectivity index (χ4v) is 2.03. The topological polar surface area (TPSA) is 66.5 Å². The number of nitrogens with one attached hydrogen (secondary N) is 2. The second-order valence-electron chi connectivity index (χ2n) is 3.61. The van der Waals surface area contributed by atoms with E-state index in [4.69, 9.17) is 0 Å². The first-order valence-corrected chi connectivity index (χ1v) is 4.99. The van der Waals surface area contributed by atoms with Gasteiger partial charge < -0.3 is 5.32 Å². The molecule has 1 atom stereocenters. The number of rotatable bonds is 1. The van der Waals surface area contributed by atoms with Crippen LogP contribution in [0.2, 0.25) is 0 Å². The Morgan fingerprint density at radius 2 is 2.20 bits per heavy atom. The summed E-state index contributed by atoms with van der Waals surface area (Å²) in [5.74, 6) is 0.710. The SMILES string of the molecule is c1ccc2c(c1)CCNC2c1nn[nH]n1. The van der Waals surface area contributed by atoms with Crippen molar-refractivity contribution in [3.63, 3.8) is 0 Å². The molecule has 2 heterocycles. The minimum atomic E-state index is 0.0775. The molecule has 2 aromatic rings. The van der Waals surface area contributed by atoms with E-state index in [-0.39, 0.29) is 6.04 Å². The van der Waals surface area contributed by atoms with Gasteiger partial charge in [0.05, 0.1) is 6.04 Å². The Labute approximate surface area is 86.9 Å². The summed E-state index contributed by atoms with van der Waals surface area (Å²) in [7, 11) is 0. The van der Waals surface area contributed by atoms with Gasteiger partial charge in [0.25, 0.3) is 0 Å². The Kier molecular flexibility index (Phi) is 1.96. The minimum Gasteiger partial charge on any atom is -0.303 e. The van der Waals surface area contributed by atoms with E-state index < -0.39 is 0 Å². The Morgan fingerprint density at radius 1 is 1.27 bits per heavy atom. The lowest BCUT2D eigenvalue weighted by Gasteiger charge is -2.24. The van der Waals surface area contributed by atoms with Crippen molar-refractivity contribution in [1.82, 2.24) is 25.9 Å². The second kappa shape index (κ2) is 3.43. The Balaban J connectivity index is 2.06. The molecule has 2 N–H and O–H groups in total. The number of hydrogen-bond acceptors (Lipinski definition) is 4. The average molecular weight is 201 g/mol. The molecule has 0 bridgehead atoms. The highest BCUT2D eigenvalue weighted by molar-refractivity contribution is 5.35. The molecule has 1 aromatic carbocycles. The van der Waals surface area contributed by atoms with E-state index in [1.165, 1.54) is 11.1 Å². The van der Waals surface area contributed by atoms with Crippen LogP contribution < -0.4 is 5.32 Å². The van der Waals surface area contributed by atoms with Crippen LogP contribution in [0.5, 0.6) is 0 Å². The highest BCUT2D eigenvalue weighted by atomic mass is 15.5. The van der Waals surface area contributed by atoms with Gasteiger partial charge in [-0.1, -0.05) is 29.5 Å². The van der Waals surface area contributed by atoms with Crippen LogP contribution in [0.1, 0.15) is 23.0 Å². The van der Waals surface area contributed by atoms with E-state index in [1.807, 2.05) is 6.07 Å². The molecule has 0 spiro atoms. The molecule has 0 saturated heterocycles. The number of hydrogen-bond donors (Lipinski definition) is 2. The lowest BCUT2D eigenvalue weighted by atomic mass is 9.94. The molecule has 1 unspecified atom stereocenters. The summed E-state index contributed by atoms with van der Waals surface area (Å²) in [5, 5.41) is 17.5. The molecule has 5 nitrogen and oxygen atoms in total. The summed E-state index contributed by atoms with van der Waals surface area (Å²) >= 11 is 0. The van der Waals surface area contributed by atoms with Crippen molar-refractivity contribution in [3.05, 3.63) is 41.2 Å². The maximum absolute atomic E-state index is 4.03. The normalized spacial score (nSPS) is 19.9. The summed E-state index contributed by atoms with van der Waals surface area (Å²) < 4.78 is 0. The van der Waals surface area contributed by atoms with Gasteiger partial charge in [-0.15, -0.1) is 10.2 Å². The van der Waals surface area contributed by atoms with Crippen LogP contribution >= 0.6 is 0 Å². The molecule has 1 aliphatic rings. The number of tetrazole rings is 1. The summed E-state index contributed by atoms with van der Waals surface area (Å²) in [6, 6.07) is 8.45. The predicted molar refractivity (Wildman–Crippen MR) is 54.2 cm³/mol. The van der Waals surface area contributed by atoms with E-state index >= 15 is 0 Å². The maximum Gasteiger partial charge on any atom is 0.195 e.